The highest BCUT2D eigenvalue weighted by Gasteiger charge is 2.51. The van der Waals surface area contributed by atoms with Crippen molar-refractivity contribution in [1.82, 2.24) is 16.0 Å². The lowest BCUT2D eigenvalue weighted by Crippen LogP contribution is -2.57. The smallest absolute Gasteiger partial charge is 0.399 e. The molecule has 292 valence electrons. The Bertz CT molecular complexity index is 1940. The number of carbonyl (C=O) groups is 5. The number of nitrogens with two attached hydrogens (primary N) is 1. The van der Waals surface area contributed by atoms with E-state index < -0.39 is 111 Å². The quantitative estimate of drug-likeness (QED) is 0.0660. The maximum atomic E-state index is 14.3. The zero-order valence-corrected chi connectivity index (χ0v) is 29.4. The molecule has 0 radical (unpaired) electrons. The van der Waals surface area contributed by atoms with E-state index in [1.165, 1.54) is 24.3 Å². The van der Waals surface area contributed by atoms with E-state index in [0.29, 0.717) is 24.3 Å². The number of rotatable bonds is 18. The van der Waals surface area contributed by atoms with Gasteiger partial charge in [0, 0.05) is 36.0 Å². The van der Waals surface area contributed by atoms with Crippen LogP contribution in [0, 0.1) is 0 Å². The Morgan fingerprint density at radius 2 is 1.04 bits per heavy atom. The van der Waals surface area contributed by atoms with Crippen LogP contribution in [0.3, 0.4) is 0 Å². The molecule has 0 aromatic heterocycles. The number of carbonyl (C=O) groups excluding carboxylic acids is 4. The monoisotopic (exact) mass is 804 g/mol. The first-order chi connectivity index (χ1) is 24.9. The maximum absolute atomic E-state index is 14.3. The molecule has 54 heavy (non-hydrogen) atoms. The molecule has 0 bridgehead atoms. The second kappa shape index (κ2) is 17.4. The zero-order chi connectivity index (χ0) is 40.6. The van der Waals surface area contributed by atoms with Gasteiger partial charge in [-0.05, 0) is 29.7 Å². The number of carboxylic acid groups (broad SMARTS) is 1. The third-order valence-corrected chi connectivity index (χ3v) is 9.79. The lowest BCUT2D eigenvalue weighted by molar-refractivity contribution is -0.137. The van der Waals surface area contributed by atoms with Crippen LogP contribution in [0.4, 0.5) is 17.6 Å². The number of amides is 4. The van der Waals surface area contributed by atoms with E-state index in [1.54, 1.807) is 6.07 Å². The second-order valence-electron chi connectivity index (χ2n) is 11.8. The van der Waals surface area contributed by atoms with E-state index in [1.807, 2.05) is 0 Å². The average Bonchev–Trinajstić information content (AvgIpc) is 3.09. The van der Waals surface area contributed by atoms with Crippen LogP contribution in [0.25, 0.3) is 0 Å². The highest BCUT2D eigenvalue weighted by Crippen LogP contribution is 2.60. The molecule has 4 amide bonds. The van der Waals surface area contributed by atoms with Gasteiger partial charge in [0.05, 0.1) is 0 Å². The molecule has 0 saturated heterocycles. The van der Waals surface area contributed by atoms with Crippen molar-refractivity contribution in [2.75, 3.05) is 0 Å². The summed E-state index contributed by atoms with van der Waals surface area (Å²) >= 11 is 0. The Morgan fingerprint density at radius 3 is 1.44 bits per heavy atom. The van der Waals surface area contributed by atoms with E-state index in [-0.39, 0.29) is 16.7 Å². The highest BCUT2D eigenvalue weighted by atomic mass is 31.2. The molecule has 0 aliphatic carbocycles. The summed E-state index contributed by atoms with van der Waals surface area (Å²) in [5.74, 6) is -5.54. The van der Waals surface area contributed by atoms with E-state index in [0.717, 1.165) is 24.3 Å². The molecule has 0 aliphatic rings. The summed E-state index contributed by atoms with van der Waals surface area (Å²) in [6.45, 7) is 0. The number of alkyl halides is 4. The summed E-state index contributed by atoms with van der Waals surface area (Å²) in [7, 11) is -11.8. The lowest BCUT2D eigenvalue weighted by Gasteiger charge is -2.25. The molecule has 0 unspecified atom stereocenters. The van der Waals surface area contributed by atoms with Gasteiger partial charge in [-0.15, -0.1) is 0 Å². The number of carboxylic acids is 1. The predicted molar refractivity (Wildman–Crippen MR) is 180 cm³/mol. The van der Waals surface area contributed by atoms with Crippen LogP contribution in [-0.4, -0.2) is 72.4 Å². The Labute approximate surface area is 303 Å². The van der Waals surface area contributed by atoms with E-state index >= 15 is 0 Å². The summed E-state index contributed by atoms with van der Waals surface area (Å²) < 4.78 is 79.3. The number of primary amides is 1. The summed E-state index contributed by atoms with van der Waals surface area (Å²) in [6.07, 6.45) is -2.11. The van der Waals surface area contributed by atoms with Gasteiger partial charge in [-0.25, -0.2) is 0 Å². The average molecular weight is 805 g/mol. The third kappa shape index (κ3) is 11.3. The van der Waals surface area contributed by atoms with E-state index in [9.17, 15) is 55.8 Å². The minimum Gasteiger partial charge on any atom is -0.481 e. The Morgan fingerprint density at radius 1 is 0.630 bits per heavy atom. The molecule has 10 N–H and O–H groups in total. The molecule has 3 atom stereocenters. The van der Waals surface area contributed by atoms with Crippen molar-refractivity contribution in [3.63, 3.8) is 0 Å². The molecular formula is C32H34F4N4O12P2. The van der Waals surface area contributed by atoms with Gasteiger partial charge in [-0.1, -0.05) is 66.7 Å². The zero-order valence-electron chi connectivity index (χ0n) is 27.6. The maximum Gasteiger partial charge on any atom is 0.399 e. The SMILES string of the molecule is NC(=O)[C@@H](Cc1ccc(C(F)(F)P(=O)(O)O)cc1)NC(=O)[C@@H](Cc1ccc(C(F)(F)P(=O)(O)O)cc1)NC(=O)[C@@H](CCC(=O)O)NC(=O)c1ccccc1. The fraction of sp³-hybridized carbons (Fsp3) is 0.281. The molecule has 0 heterocycles. The van der Waals surface area contributed by atoms with E-state index in [2.05, 4.69) is 16.0 Å². The summed E-state index contributed by atoms with van der Waals surface area (Å²) in [5, 5.41) is 16.2. The van der Waals surface area contributed by atoms with Gasteiger partial charge in [0.1, 0.15) is 18.1 Å². The van der Waals surface area contributed by atoms with Crippen LogP contribution in [0.5, 0.6) is 0 Å². The standard InChI is InChI=1S/C32H34F4N4O12P2/c33-31(34,53(47,48)49)21-10-6-18(7-11-21)16-24(27(37)43)39-30(46)25(17-19-8-12-22(13-9-19)32(35,36)54(50,51)52)40-29(45)23(14-15-26(41)42)38-28(44)20-4-2-1-3-5-20/h1-13,23-25H,14-17H2,(H2,37,43)(H,38,44)(H,39,46)(H,40,45)(H,41,42)(H2,47,48,49)(H2,50,51,52)/t23-,24-,25-/m1/s1. The van der Waals surface area contributed by atoms with Crippen LogP contribution in [0.1, 0.15) is 45.5 Å². The first-order valence-electron chi connectivity index (χ1n) is 15.5. The van der Waals surface area contributed by atoms with Gasteiger partial charge in [-0.3, -0.25) is 33.1 Å². The van der Waals surface area contributed by atoms with Gasteiger partial charge in [-0.2, -0.15) is 17.6 Å². The number of aliphatic carboxylic acids is 1. The van der Waals surface area contributed by atoms with Crippen molar-refractivity contribution in [2.45, 2.75) is 55.1 Å². The number of halogens is 4. The van der Waals surface area contributed by atoms with Gasteiger partial charge < -0.3 is 46.4 Å². The van der Waals surface area contributed by atoms with Crippen LogP contribution < -0.4 is 21.7 Å². The minimum atomic E-state index is -5.95. The molecule has 0 spiro atoms. The molecule has 16 nitrogen and oxygen atoms in total. The fourth-order valence-corrected chi connectivity index (χ4v) is 5.81. The minimum absolute atomic E-state index is 0.0216. The lowest BCUT2D eigenvalue weighted by atomic mass is 10.0. The molecular weight excluding hydrogens is 770 g/mol. The molecule has 0 aliphatic heterocycles. The van der Waals surface area contributed by atoms with Gasteiger partial charge in [0.2, 0.25) is 17.7 Å². The van der Waals surface area contributed by atoms with Crippen molar-refractivity contribution in [2.24, 2.45) is 5.73 Å². The number of benzene rings is 3. The van der Waals surface area contributed by atoms with Crippen molar-refractivity contribution in [3.8, 4) is 0 Å². The Kier molecular flexibility index (Phi) is 14.0. The molecule has 3 aromatic carbocycles. The number of hydrogen-bond donors (Lipinski definition) is 9. The largest absolute Gasteiger partial charge is 0.481 e. The van der Waals surface area contributed by atoms with Crippen molar-refractivity contribution in [1.29, 1.82) is 0 Å². The van der Waals surface area contributed by atoms with Gasteiger partial charge >= 0.3 is 32.5 Å². The molecule has 22 heteroatoms. The van der Waals surface area contributed by atoms with Crippen LogP contribution in [0.2, 0.25) is 0 Å². The number of nitrogens with one attached hydrogen (secondary N) is 3. The Balaban J connectivity index is 1.93. The van der Waals surface area contributed by atoms with E-state index in [4.69, 9.17) is 25.3 Å². The van der Waals surface area contributed by atoms with Crippen LogP contribution >= 0.6 is 15.2 Å². The molecule has 0 fully saturated rings. The molecule has 0 saturated carbocycles. The van der Waals surface area contributed by atoms with Gasteiger partial charge in [0.15, 0.2) is 0 Å². The normalized spacial score (nSPS) is 13.9. The third-order valence-electron chi connectivity index (χ3n) is 7.81. The first-order valence-corrected chi connectivity index (χ1v) is 18.7. The van der Waals surface area contributed by atoms with Crippen molar-refractivity contribution >= 4 is 44.8 Å². The van der Waals surface area contributed by atoms with Crippen LogP contribution in [-0.2, 0) is 52.5 Å². The fourth-order valence-electron chi connectivity index (χ4n) is 4.83. The highest BCUT2D eigenvalue weighted by molar-refractivity contribution is 7.52. The predicted octanol–water partition coefficient (Wildman–Crippen LogP) is 2.04. The van der Waals surface area contributed by atoms with Crippen LogP contribution in [0.15, 0.2) is 78.9 Å². The first kappa shape index (κ1) is 43.4. The number of hydrogen-bond acceptors (Lipinski definition) is 7. The van der Waals surface area contributed by atoms with Crippen molar-refractivity contribution in [3.05, 3.63) is 107 Å². The summed E-state index contributed by atoms with van der Waals surface area (Å²) in [5.41, 5.74) is -5.61. The molecule has 3 rings (SSSR count). The molecule has 3 aromatic rings. The Hall–Kier alpha value is -4.97. The summed E-state index contributed by atoms with van der Waals surface area (Å²) in [4.78, 5) is 99.8. The summed E-state index contributed by atoms with van der Waals surface area (Å²) in [6, 6.07) is 9.11. The van der Waals surface area contributed by atoms with Gasteiger partial charge in [0.25, 0.3) is 5.91 Å². The second-order valence-corrected chi connectivity index (χ2v) is 15.1. The topological polar surface area (TPSA) is 283 Å². The van der Waals surface area contributed by atoms with Crippen molar-refractivity contribution < 1.29 is 75.3 Å².